The molecule has 1 aliphatic carbocycles. The molecule has 6 heteroatoms. The van der Waals surface area contributed by atoms with Crippen LogP contribution >= 0.6 is 11.6 Å². The normalized spacial score (nSPS) is 13.9. The van der Waals surface area contributed by atoms with Crippen LogP contribution < -0.4 is 4.74 Å². The first kappa shape index (κ1) is 20.3. The van der Waals surface area contributed by atoms with Gasteiger partial charge in [-0.15, -0.1) is 0 Å². The van der Waals surface area contributed by atoms with E-state index < -0.39 is 11.8 Å². The summed E-state index contributed by atoms with van der Waals surface area (Å²) in [5, 5.41) is 9.26. The quantitative estimate of drug-likeness (QED) is 0.617. The molecule has 0 saturated heterocycles. The lowest BCUT2D eigenvalue weighted by Gasteiger charge is -2.14. The van der Waals surface area contributed by atoms with E-state index in [9.17, 15) is 13.6 Å². The van der Waals surface area contributed by atoms with Gasteiger partial charge in [0.25, 0.3) is 0 Å². The van der Waals surface area contributed by atoms with Crippen molar-refractivity contribution < 1.29 is 23.4 Å². The summed E-state index contributed by atoms with van der Waals surface area (Å²) in [5.41, 5.74) is 3.71. The molecule has 2 aromatic rings. The van der Waals surface area contributed by atoms with Crippen LogP contribution in [0.3, 0.4) is 0 Å². The molecule has 0 unspecified atom stereocenters. The molecule has 0 spiro atoms. The number of aliphatic carboxylic acids is 1. The summed E-state index contributed by atoms with van der Waals surface area (Å²) in [7, 11) is 0. The number of carboxylic acid groups (broad SMARTS) is 1. The zero-order valence-electron chi connectivity index (χ0n) is 15.5. The van der Waals surface area contributed by atoms with Gasteiger partial charge in [-0.2, -0.15) is 0 Å². The van der Waals surface area contributed by atoms with Crippen molar-refractivity contribution in [2.75, 3.05) is 6.61 Å². The monoisotopic (exact) mass is 406 g/mol. The van der Waals surface area contributed by atoms with Crippen molar-refractivity contribution in [3.8, 4) is 5.75 Å². The highest BCUT2D eigenvalue weighted by atomic mass is 35.5. The lowest BCUT2D eigenvalue weighted by molar-refractivity contribution is -0.136. The van der Waals surface area contributed by atoms with Gasteiger partial charge in [0, 0.05) is 17.0 Å². The molecule has 1 aliphatic rings. The van der Waals surface area contributed by atoms with Crippen molar-refractivity contribution in [1.29, 1.82) is 0 Å². The molecule has 148 valence electrons. The average Bonchev–Trinajstić information content (AvgIpc) is 3.11. The van der Waals surface area contributed by atoms with E-state index in [1.165, 1.54) is 18.2 Å². The molecule has 0 radical (unpaired) electrons. The molecule has 28 heavy (non-hydrogen) atoms. The van der Waals surface area contributed by atoms with Gasteiger partial charge in [-0.05, 0) is 85.2 Å². The zero-order valence-corrected chi connectivity index (χ0v) is 16.3. The molecule has 0 saturated carbocycles. The number of hydrogen-bond donors (Lipinski definition) is 1. The SMILES string of the molecule is Cc1cc(OCC2=C(c3cc(Cl)ccc3F)CCC2)c(F)cc1CCC(=O)O. The second-order valence-corrected chi connectivity index (χ2v) is 7.39. The Labute approximate surface area is 167 Å². The Kier molecular flexibility index (Phi) is 6.35. The van der Waals surface area contributed by atoms with Crippen molar-refractivity contribution in [3.05, 3.63) is 69.3 Å². The maximum Gasteiger partial charge on any atom is 0.303 e. The van der Waals surface area contributed by atoms with E-state index >= 15 is 0 Å². The predicted molar refractivity (Wildman–Crippen MR) is 105 cm³/mol. The largest absolute Gasteiger partial charge is 0.486 e. The van der Waals surface area contributed by atoms with Crippen molar-refractivity contribution in [3.63, 3.8) is 0 Å². The Hall–Kier alpha value is -2.40. The van der Waals surface area contributed by atoms with E-state index in [0.717, 1.165) is 36.0 Å². The number of allylic oxidation sites excluding steroid dienone is 1. The molecule has 0 amide bonds. The van der Waals surface area contributed by atoms with Gasteiger partial charge in [-0.3, -0.25) is 4.79 Å². The number of aryl methyl sites for hydroxylation is 2. The molecule has 3 rings (SSSR count). The van der Waals surface area contributed by atoms with Crippen LogP contribution in [0.1, 0.15) is 42.4 Å². The number of benzene rings is 2. The van der Waals surface area contributed by atoms with Crippen LogP contribution in [-0.4, -0.2) is 17.7 Å². The lowest BCUT2D eigenvalue weighted by Crippen LogP contribution is -2.05. The summed E-state index contributed by atoms with van der Waals surface area (Å²) in [6.45, 7) is 1.97. The molecule has 0 aromatic heterocycles. The minimum atomic E-state index is -0.922. The summed E-state index contributed by atoms with van der Waals surface area (Å²) in [6.07, 6.45) is 2.59. The summed E-state index contributed by atoms with van der Waals surface area (Å²) < 4.78 is 34.3. The van der Waals surface area contributed by atoms with Crippen molar-refractivity contribution in [2.24, 2.45) is 0 Å². The molecular formula is C22H21ClF2O3. The Morgan fingerprint density at radius 1 is 1.18 bits per heavy atom. The third-order valence-electron chi connectivity index (χ3n) is 4.99. The highest BCUT2D eigenvalue weighted by Gasteiger charge is 2.20. The number of hydrogen-bond acceptors (Lipinski definition) is 2. The second kappa shape index (κ2) is 8.74. The number of carbonyl (C=O) groups is 1. The van der Waals surface area contributed by atoms with Crippen LogP contribution in [0.4, 0.5) is 8.78 Å². The van der Waals surface area contributed by atoms with Crippen LogP contribution in [0.2, 0.25) is 5.02 Å². The first-order chi connectivity index (χ1) is 13.3. The molecule has 0 fully saturated rings. The fraction of sp³-hybridized carbons (Fsp3) is 0.318. The molecule has 0 bridgehead atoms. The maximum atomic E-state index is 14.4. The van der Waals surface area contributed by atoms with Gasteiger partial charge in [0.1, 0.15) is 12.4 Å². The van der Waals surface area contributed by atoms with Crippen molar-refractivity contribution in [1.82, 2.24) is 0 Å². The average molecular weight is 407 g/mol. The highest BCUT2D eigenvalue weighted by molar-refractivity contribution is 6.30. The van der Waals surface area contributed by atoms with Crippen LogP contribution in [0.5, 0.6) is 5.75 Å². The third kappa shape index (κ3) is 4.71. The van der Waals surface area contributed by atoms with Gasteiger partial charge in [-0.25, -0.2) is 8.78 Å². The molecule has 1 N–H and O–H groups in total. The van der Waals surface area contributed by atoms with Gasteiger partial charge in [0.2, 0.25) is 0 Å². The molecule has 3 nitrogen and oxygen atoms in total. The topological polar surface area (TPSA) is 46.5 Å². The Bertz CT molecular complexity index is 938. The summed E-state index contributed by atoms with van der Waals surface area (Å²) in [5.74, 6) is -1.67. The first-order valence-corrected chi connectivity index (χ1v) is 9.53. The van der Waals surface area contributed by atoms with Gasteiger partial charge in [0.05, 0.1) is 0 Å². The van der Waals surface area contributed by atoms with Gasteiger partial charge < -0.3 is 9.84 Å². The second-order valence-electron chi connectivity index (χ2n) is 6.95. The van der Waals surface area contributed by atoms with E-state index in [0.29, 0.717) is 16.1 Å². The molecule has 0 atom stereocenters. The fourth-order valence-corrected chi connectivity index (χ4v) is 3.67. The van der Waals surface area contributed by atoms with E-state index in [1.54, 1.807) is 19.1 Å². The predicted octanol–water partition coefficient (Wildman–Crippen LogP) is 5.96. The molecule has 0 aliphatic heterocycles. The van der Waals surface area contributed by atoms with E-state index in [4.69, 9.17) is 21.4 Å². The van der Waals surface area contributed by atoms with Crippen LogP contribution in [0.25, 0.3) is 5.57 Å². The Morgan fingerprint density at radius 3 is 2.71 bits per heavy atom. The standard InChI is InChI=1S/C22H21ClF2O3/c1-13-9-21(20(25)10-14(13)5-8-22(26)27)28-12-15-3-2-4-17(15)18-11-16(23)6-7-19(18)24/h6-7,9-11H,2-5,8,12H2,1H3,(H,26,27). The minimum Gasteiger partial charge on any atom is -0.486 e. The van der Waals surface area contributed by atoms with E-state index in [2.05, 4.69) is 0 Å². The number of rotatable bonds is 7. The summed E-state index contributed by atoms with van der Waals surface area (Å²) >= 11 is 6.01. The highest BCUT2D eigenvalue weighted by Crippen LogP contribution is 2.36. The molecule has 0 heterocycles. The first-order valence-electron chi connectivity index (χ1n) is 9.15. The number of ether oxygens (including phenoxy) is 1. The lowest BCUT2D eigenvalue weighted by atomic mass is 10.0. The maximum absolute atomic E-state index is 14.4. The number of halogens is 3. The van der Waals surface area contributed by atoms with E-state index in [1.807, 2.05) is 0 Å². The van der Waals surface area contributed by atoms with Crippen LogP contribution in [0.15, 0.2) is 35.9 Å². The van der Waals surface area contributed by atoms with Gasteiger partial charge >= 0.3 is 5.97 Å². The minimum absolute atomic E-state index is 0.0536. The summed E-state index contributed by atoms with van der Waals surface area (Å²) in [6, 6.07) is 7.38. The summed E-state index contributed by atoms with van der Waals surface area (Å²) in [4.78, 5) is 10.7. The van der Waals surface area contributed by atoms with E-state index in [-0.39, 0.29) is 31.0 Å². The van der Waals surface area contributed by atoms with Crippen molar-refractivity contribution in [2.45, 2.75) is 39.0 Å². The van der Waals surface area contributed by atoms with Crippen LogP contribution in [-0.2, 0) is 11.2 Å². The molecule has 2 aromatic carbocycles. The Morgan fingerprint density at radius 2 is 1.96 bits per heavy atom. The smallest absolute Gasteiger partial charge is 0.303 e. The van der Waals surface area contributed by atoms with Gasteiger partial charge in [0.15, 0.2) is 11.6 Å². The Balaban J connectivity index is 1.78. The molecular weight excluding hydrogens is 386 g/mol. The number of carboxylic acids is 1. The van der Waals surface area contributed by atoms with Crippen molar-refractivity contribution >= 4 is 23.1 Å². The van der Waals surface area contributed by atoms with Crippen LogP contribution in [0, 0.1) is 18.6 Å². The zero-order chi connectivity index (χ0) is 20.3. The third-order valence-corrected chi connectivity index (χ3v) is 5.22. The van der Waals surface area contributed by atoms with Gasteiger partial charge in [-0.1, -0.05) is 11.6 Å². The fourth-order valence-electron chi connectivity index (χ4n) is 3.50.